The van der Waals surface area contributed by atoms with Crippen molar-refractivity contribution in [1.29, 1.82) is 0 Å². The lowest BCUT2D eigenvalue weighted by molar-refractivity contribution is -0.0292. The van der Waals surface area contributed by atoms with Crippen molar-refractivity contribution < 1.29 is 19.4 Å². The molecule has 2 N–H and O–H groups in total. The highest BCUT2D eigenvalue weighted by atomic mass is 16.6. The Morgan fingerprint density at radius 2 is 1.84 bits per heavy atom. The van der Waals surface area contributed by atoms with E-state index in [-0.39, 0.29) is 6.67 Å². The van der Waals surface area contributed by atoms with Crippen molar-refractivity contribution in [3.63, 3.8) is 0 Å². The van der Waals surface area contributed by atoms with Crippen LogP contribution in [-0.2, 0) is 4.74 Å². The Morgan fingerprint density at radius 3 is 2.32 bits per heavy atom. The summed E-state index contributed by atoms with van der Waals surface area (Å²) in [5, 5.41) is 14.5. The smallest absolute Gasteiger partial charge is 0.423 e. The Balaban J connectivity index is 2.45. The third-order valence-corrected chi connectivity index (χ3v) is 2.67. The van der Waals surface area contributed by atoms with E-state index in [1.165, 1.54) is 0 Å². The minimum atomic E-state index is -1.07. The molecule has 1 aliphatic heterocycles. The van der Waals surface area contributed by atoms with Crippen LogP contribution >= 0.6 is 0 Å². The molecule has 7 heteroatoms. The normalized spacial score (nSPS) is 16.8. The Bertz CT molecular complexity index is 321. The molecule has 19 heavy (non-hydrogen) atoms. The van der Waals surface area contributed by atoms with Crippen LogP contribution in [0.4, 0.5) is 9.59 Å². The molecule has 0 saturated carbocycles. The monoisotopic (exact) mass is 273 g/mol. The lowest BCUT2D eigenvalue weighted by atomic mass is 10.2. The maximum atomic E-state index is 11.5. The Labute approximate surface area is 113 Å². The Kier molecular flexibility index (Phi) is 5.41. The quantitative estimate of drug-likeness (QED) is 0.767. The molecule has 0 unspecified atom stereocenters. The van der Waals surface area contributed by atoms with Gasteiger partial charge in [-0.25, -0.2) is 19.6 Å². The summed E-state index contributed by atoms with van der Waals surface area (Å²) in [5.41, 5.74) is -0.594. The molecule has 0 aromatic heterocycles. The van der Waals surface area contributed by atoms with Gasteiger partial charge in [0.25, 0.3) is 0 Å². The van der Waals surface area contributed by atoms with Crippen LogP contribution in [-0.4, -0.2) is 52.7 Å². The van der Waals surface area contributed by atoms with Crippen molar-refractivity contribution in [2.75, 3.05) is 19.8 Å². The number of amides is 2. The van der Waals surface area contributed by atoms with E-state index in [1.54, 1.807) is 25.8 Å². The number of hydrazine groups is 1. The van der Waals surface area contributed by atoms with Crippen LogP contribution in [0.1, 0.15) is 40.0 Å². The van der Waals surface area contributed by atoms with Gasteiger partial charge in [-0.05, 0) is 33.6 Å². The van der Waals surface area contributed by atoms with Gasteiger partial charge in [0.1, 0.15) is 12.3 Å². The minimum Gasteiger partial charge on any atom is -0.464 e. The van der Waals surface area contributed by atoms with Crippen LogP contribution in [0.5, 0.6) is 0 Å². The number of piperidine rings is 1. The summed E-state index contributed by atoms with van der Waals surface area (Å²) in [5.74, 6) is 0. The first kappa shape index (κ1) is 15.6. The fourth-order valence-corrected chi connectivity index (χ4v) is 1.86. The van der Waals surface area contributed by atoms with Gasteiger partial charge >= 0.3 is 12.2 Å². The molecule has 0 atom stereocenters. The van der Waals surface area contributed by atoms with E-state index in [0.29, 0.717) is 13.1 Å². The number of nitrogens with zero attached hydrogens (tertiary/aromatic N) is 2. The predicted octanol–water partition coefficient (Wildman–Crippen LogP) is 1.85. The first-order valence-electron chi connectivity index (χ1n) is 6.52. The summed E-state index contributed by atoms with van der Waals surface area (Å²) in [6.45, 7) is 6.57. The second kappa shape index (κ2) is 6.60. The molecule has 0 spiro atoms. The first-order valence-corrected chi connectivity index (χ1v) is 6.52. The van der Waals surface area contributed by atoms with Gasteiger partial charge in [-0.2, -0.15) is 0 Å². The van der Waals surface area contributed by atoms with Gasteiger partial charge in [-0.15, -0.1) is 0 Å². The summed E-state index contributed by atoms with van der Waals surface area (Å²) >= 11 is 0. The highest BCUT2D eigenvalue weighted by Crippen LogP contribution is 2.11. The lowest BCUT2D eigenvalue weighted by Crippen LogP contribution is -2.53. The summed E-state index contributed by atoms with van der Waals surface area (Å²) < 4.78 is 5.07. The zero-order valence-corrected chi connectivity index (χ0v) is 11.8. The molecule has 7 nitrogen and oxygen atoms in total. The molecule has 0 radical (unpaired) electrons. The highest BCUT2D eigenvalue weighted by molar-refractivity contribution is 5.69. The van der Waals surface area contributed by atoms with Crippen molar-refractivity contribution in [2.45, 2.75) is 45.6 Å². The molecule has 1 rings (SSSR count). The van der Waals surface area contributed by atoms with E-state index >= 15 is 0 Å². The molecule has 0 aliphatic carbocycles. The van der Waals surface area contributed by atoms with Gasteiger partial charge in [0.2, 0.25) is 0 Å². The van der Waals surface area contributed by atoms with Crippen LogP contribution in [0.15, 0.2) is 0 Å². The molecule has 1 fully saturated rings. The molecule has 0 aromatic rings. The summed E-state index contributed by atoms with van der Waals surface area (Å²) in [4.78, 5) is 22.7. The van der Waals surface area contributed by atoms with Crippen molar-refractivity contribution >= 4 is 12.2 Å². The lowest BCUT2D eigenvalue weighted by Gasteiger charge is -2.35. The summed E-state index contributed by atoms with van der Waals surface area (Å²) in [6.07, 6.45) is 1.37. The number of ether oxygens (including phenoxy) is 1. The molecule has 1 aliphatic rings. The van der Waals surface area contributed by atoms with Crippen LogP contribution in [0, 0.1) is 0 Å². The zero-order chi connectivity index (χ0) is 14.5. The molecular formula is C12H23N3O4. The van der Waals surface area contributed by atoms with E-state index in [2.05, 4.69) is 5.32 Å². The minimum absolute atomic E-state index is 0.0930. The number of hydrogen-bond donors (Lipinski definition) is 2. The maximum absolute atomic E-state index is 11.5. The molecular weight excluding hydrogens is 250 g/mol. The van der Waals surface area contributed by atoms with Gasteiger partial charge in [0, 0.05) is 13.1 Å². The topological polar surface area (TPSA) is 82.1 Å². The number of carboxylic acid groups (broad SMARTS) is 1. The van der Waals surface area contributed by atoms with Gasteiger partial charge in [-0.1, -0.05) is 6.42 Å². The average Bonchev–Trinajstić information content (AvgIpc) is 2.27. The second-order valence-corrected chi connectivity index (χ2v) is 5.53. The van der Waals surface area contributed by atoms with Gasteiger partial charge in [0.15, 0.2) is 0 Å². The van der Waals surface area contributed by atoms with E-state index < -0.39 is 17.8 Å². The second-order valence-electron chi connectivity index (χ2n) is 5.53. The number of carbonyl (C=O) groups excluding carboxylic acids is 1. The molecule has 2 amide bonds. The van der Waals surface area contributed by atoms with Crippen LogP contribution in [0.3, 0.4) is 0 Å². The van der Waals surface area contributed by atoms with E-state index in [0.717, 1.165) is 24.3 Å². The number of hydrogen-bond acceptors (Lipinski definition) is 4. The van der Waals surface area contributed by atoms with E-state index in [9.17, 15) is 9.59 Å². The van der Waals surface area contributed by atoms with Crippen molar-refractivity contribution in [3.05, 3.63) is 0 Å². The van der Waals surface area contributed by atoms with Crippen LogP contribution < -0.4 is 5.32 Å². The number of rotatable bonds is 3. The summed E-state index contributed by atoms with van der Waals surface area (Å²) in [7, 11) is 0. The van der Waals surface area contributed by atoms with Gasteiger partial charge in [0.05, 0.1) is 0 Å². The van der Waals surface area contributed by atoms with Crippen LogP contribution in [0.2, 0.25) is 0 Å². The number of alkyl carbamates (subject to hydrolysis) is 1. The highest BCUT2D eigenvalue weighted by Gasteiger charge is 2.24. The fraction of sp³-hybridized carbons (Fsp3) is 0.833. The predicted molar refractivity (Wildman–Crippen MR) is 69.5 cm³/mol. The SMILES string of the molecule is CC(C)(C)OC(=O)NCN(C(=O)O)N1CCCCC1. The fourth-order valence-electron chi connectivity index (χ4n) is 1.86. The molecule has 1 heterocycles. The number of carbonyl (C=O) groups is 2. The van der Waals surface area contributed by atoms with Crippen molar-refractivity contribution in [2.24, 2.45) is 0 Å². The van der Waals surface area contributed by atoms with Gasteiger partial charge in [-0.3, -0.25) is 0 Å². The molecule has 0 bridgehead atoms. The van der Waals surface area contributed by atoms with Crippen LogP contribution in [0.25, 0.3) is 0 Å². The van der Waals surface area contributed by atoms with Gasteiger partial charge < -0.3 is 15.2 Å². The molecule has 0 aromatic carbocycles. The molecule has 110 valence electrons. The van der Waals surface area contributed by atoms with E-state index in [4.69, 9.17) is 9.84 Å². The first-order chi connectivity index (χ1) is 8.79. The largest absolute Gasteiger partial charge is 0.464 e. The Hall–Kier alpha value is -1.50. The zero-order valence-electron chi connectivity index (χ0n) is 11.8. The standard InChI is InChI=1S/C12H23N3O4/c1-12(2,3)19-10(16)13-9-15(11(17)18)14-7-5-4-6-8-14/h4-9H2,1-3H3,(H,13,16)(H,17,18). The van der Waals surface area contributed by atoms with E-state index in [1.807, 2.05) is 0 Å². The third-order valence-electron chi connectivity index (χ3n) is 2.67. The Morgan fingerprint density at radius 1 is 1.26 bits per heavy atom. The molecule has 1 saturated heterocycles. The van der Waals surface area contributed by atoms with Crippen molar-refractivity contribution in [3.8, 4) is 0 Å². The number of nitrogens with one attached hydrogen (secondary N) is 1. The average molecular weight is 273 g/mol. The summed E-state index contributed by atoms with van der Waals surface area (Å²) in [6, 6.07) is 0. The maximum Gasteiger partial charge on any atom is 0.423 e. The third kappa shape index (κ3) is 5.78. The van der Waals surface area contributed by atoms with Crippen molar-refractivity contribution in [1.82, 2.24) is 15.3 Å².